The Morgan fingerprint density at radius 1 is 1.39 bits per heavy atom. The van der Waals surface area contributed by atoms with Crippen molar-refractivity contribution in [1.82, 2.24) is 5.32 Å². The predicted octanol–water partition coefficient (Wildman–Crippen LogP) is 0.0496. The van der Waals surface area contributed by atoms with Crippen LogP contribution in [0.4, 0.5) is 0 Å². The molecule has 6 heteroatoms. The van der Waals surface area contributed by atoms with Crippen LogP contribution >= 0.6 is 0 Å². The van der Waals surface area contributed by atoms with Crippen molar-refractivity contribution >= 4 is 9.84 Å². The Morgan fingerprint density at radius 2 is 2.17 bits per heavy atom. The minimum Gasteiger partial charge on any atom is -0.377 e. The zero-order valence-corrected chi connectivity index (χ0v) is 11.8. The van der Waals surface area contributed by atoms with Gasteiger partial charge in [0.1, 0.15) is 0 Å². The topological polar surface area (TPSA) is 81.4 Å². The van der Waals surface area contributed by atoms with Crippen LogP contribution in [-0.4, -0.2) is 51.3 Å². The van der Waals surface area contributed by atoms with E-state index >= 15 is 0 Å². The van der Waals surface area contributed by atoms with Crippen LogP contribution in [0.2, 0.25) is 0 Å². The van der Waals surface area contributed by atoms with E-state index in [1.54, 1.807) is 0 Å². The third kappa shape index (κ3) is 2.87. The Bertz CT molecular complexity index is 379. The highest BCUT2D eigenvalue weighted by atomic mass is 32.2. The number of ether oxygens (including phenoxy) is 1. The van der Waals surface area contributed by atoms with Crippen LogP contribution in [0.1, 0.15) is 32.1 Å². The molecule has 0 aromatic heterocycles. The molecule has 2 rings (SSSR count). The van der Waals surface area contributed by atoms with Gasteiger partial charge >= 0.3 is 0 Å². The SMILES string of the molecule is CS(=O)(=O)C1CCCC1(CN)NCC1CCCO1. The summed E-state index contributed by atoms with van der Waals surface area (Å²) in [5.74, 6) is 0. The monoisotopic (exact) mass is 276 g/mol. The summed E-state index contributed by atoms with van der Waals surface area (Å²) in [7, 11) is -3.05. The molecule has 3 unspecified atom stereocenters. The van der Waals surface area contributed by atoms with Crippen molar-refractivity contribution in [2.75, 3.05) is 26.0 Å². The molecule has 1 heterocycles. The second-order valence-electron chi connectivity index (χ2n) is 5.59. The van der Waals surface area contributed by atoms with Gasteiger partial charge in [-0.25, -0.2) is 8.42 Å². The zero-order valence-electron chi connectivity index (χ0n) is 11.0. The van der Waals surface area contributed by atoms with E-state index in [9.17, 15) is 8.42 Å². The fourth-order valence-corrected chi connectivity index (χ4v) is 5.01. The lowest BCUT2D eigenvalue weighted by Gasteiger charge is -2.35. The molecule has 0 aromatic rings. The zero-order chi connectivity index (χ0) is 13.2. The first-order valence-electron chi connectivity index (χ1n) is 6.73. The second-order valence-corrected chi connectivity index (χ2v) is 7.81. The van der Waals surface area contributed by atoms with Gasteiger partial charge in [0.2, 0.25) is 0 Å². The first-order valence-corrected chi connectivity index (χ1v) is 8.69. The molecule has 0 aromatic carbocycles. The molecule has 1 aliphatic carbocycles. The van der Waals surface area contributed by atoms with Gasteiger partial charge < -0.3 is 15.8 Å². The Hall–Kier alpha value is -0.170. The maximum Gasteiger partial charge on any atom is 0.152 e. The number of hydrogen-bond donors (Lipinski definition) is 2. The van der Waals surface area contributed by atoms with Crippen LogP contribution in [-0.2, 0) is 14.6 Å². The molecule has 0 bridgehead atoms. The highest BCUT2D eigenvalue weighted by Crippen LogP contribution is 2.34. The van der Waals surface area contributed by atoms with E-state index in [0.29, 0.717) is 19.5 Å². The number of nitrogens with one attached hydrogen (secondary N) is 1. The molecule has 1 aliphatic heterocycles. The molecule has 2 fully saturated rings. The van der Waals surface area contributed by atoms with Crippen LogP contribution in [0, 0.1) is 0 Å². The number of sulfone groups is 1. The van der Waals surface area contributed by atoms with Crippen LogP contribution < -0.4 is 11.1 Å². The van der Waals surface area contributed by atoms with Gasteiger partial charge in [0.15, 0.2) is 9.84 Å². The normalized spacial score (nSPS) is 37.2. The van der Waals surface area contributed by atoms with Crippen LogP contribution in [0.15, 0.2) is 0 Å². The van der Waals surface area contributed by atoms with E-state index in [1.807, 2.05) is 0 Å². The molecule has 2 aliphatic rings. The molecule has 3 atom stereocenters. The highest BCUT2D eigenvalue weighted by molar-refractivity contribution is 7.91. The number of nitrogens with two attached hydrogens (primary N) is 1. The summed E-state index contributed by atoms with van der Waals surface area (Å²) >= 11 is 0. The molecule has 0 radical (unpaired) electrons. The maximum absolute atomic E-state index is 11.9. The molecule has 18 heavy (non-hydrogen) atoms. The standard InChI is InChI=1S/C12H24N2O3S/c1-18(15,16)11-5-2-6-12(11,9-13)14-8-10-4-3-7-17-10/h10-11,14H,2-9,13H2,1H3. The minimum atomic E-state index is -3.05. The average Bonchev–Trinajstić information content (AvgIpc) is 2.95. The van der Waals surface area contributed by atoms with E-state index < -0.39 is 15.4 Å². The summed E-state index contributed by atoms with van der Waals surface area (Å²) < 4.78 is 29.3. The van der Waals surface area contributed by atoms with Gasteiger partial charge in [-0.2, -0.15) is 0 Å². The fraction of sp³-hybridized carbons (Fsp3) is 1.00. The summed E-state index contributed by atoms with van der Waals surface area (Å²) in [6.07, 6.45) is 6.17. The molecule has 0 amide bonds. The van der Waals surface area contributed by atoms with Crippen LogP contribution in [0.5, 0.6) is 0 Å². The predicted molar refractivity (Wildman–Crippen MR) is 71.2 cm³/mol. The van der Waals surface area contributed by atoms with Crippen molar-refractivity contribution in [3.63, 3.8) is 0 Å². The largest absolute Gasteiger partial charge is 0.377 e. The lowest BCUT2D eigenvalue weighted by molar-refractivity contribution is 0.101. The maximum atomic E-state index is 11.9. The van der Waals surface area contributed by atoms with Crippen molar-refractivity contribution in [3.05, 3.63) is 0 Å². The Kier molecular flexibility index (Phi) is 4.31. The van der Waals surface area contributed by atoms with Gasteiger partial charge in [0, 0.05) is 31.5 Å². The fourth-order valence-electron chi connectivity index (χ4n) is 3.29. The van der Waals surface area contributed by atoms with E-state index in [0.717, 1.165) is 32.3 Å². The van der Waals surface area contributed by atoms with E-state index in [-0.39, 0.29) is 11.4 Å². The lowest BCUT2D eigenvalue weighted by atomic mass is 9.97. The molecular formula is C12H24N2O3S. The van der Waals surface area contributed by atoms with Gasteiger partial charge in [-0.1, -0.05) is 6.42 Å². The number of hydrogen-bond acceptors (Lipinski definition) is 5. The Morgan fingerprint density at radius 3 is 2.72 bits per heavy atom. The van der Waals surface area contributed by atoms with Gasteiger partial charge in [0.25, 0.3) is 0 Å². The van der Waals surface area contributed by atoms with Crippen molar-refractivity contribution < 1.29 is 13.2 Å². The third-order valence-corrected chi connectivity index (χ3v) is 6.01. The smallest absolute Gasteiger partial charge is 0.152 e. The number of rotatable bonds is 5. The summed E-state index contributed by atoms with van der Waals surface area (Å²) in [6.45, 7) is 1.90. The summed E-state index contributed by atoms with van der Waals surface area (Å²) in [5, 5.41) is 3.06. The first kappa shape index (κ1) is 14.2. The third-order valence-electron chi connectivity index (χ3n) is 4.29. The lowest BCUT2D eigenvalue weighted by Crippen LogP contribution is -2.60. The molecule has 1 saturated heterocycles. The van der Waals surface area contributed by atoms with E-state index in [1.165, 1.54) is 6.26 Å². The van der Waals surface area contributed by atoms with Crippen molar-refractivity contribution in [2.24, 2.45) is 5.73 Å². The van der Waals surface area contributed by atoms with Gasteiger partial charge in [-0.15, -0.1) is 0 Å². The van der Waals surface area contributed by atoms with Gasteiger partial charge in [-0.05, 0) is 25.7 Å². The summed E-state index contributed by atoms with van der Waals surface area (Å²) in [5.41, 5.74) is 5.43. The molecule has 5 nitrogen and oxygen atoms in total. The summed E-state index contributed by atoms with van der Waals surface area (Å²) in [6, 6.07) is 0. The molecule has 1 saturated carbocycles. The second kappa shape index (κ2) is 5.45. The molecule has 0 spiro atoms. The Balaban J connectivity index is 2.04. The van der Waals surface area contributed by atoms with Crippen molar-refractivity contribution in [2.45, 2.75) is 49.0 Å². The van der Waals surface area contributed by atoms with Crippen molar-refractivity contribution in [1.29, 1.82) is 0 Å². The van der Waals surface area contributed by atoms with Crippen LogP contribution in [0.3, 0.4) is 0 Å². The first-order chi connectivity index (χ1) is 8.48. The molecule has 106 valence electrons. The van der Waals surface area contributed by atoms with E-state index in [4.69, 9.17) is 10.5 Å². The quantitative estimate of drug-likeness (QED) is 0.741. The Labute approximate surface area is 109 Å². The minimum absolute atomic E-state index is 0.217. The molecular weight excluding hydrogens is 252 g/mol. The summed E-state index contributed by atoms with van der Waals surface area (Å²) in [4.78, 5) is 0. The molecule has 3 N–H and O–H groups in total. The van der Waals surface area contributed by atoms with Crippen molar-refractivity contribution in [3.8, 4) is 0 Å². The highest BCUT2D eigenvalue weighted by Gasteiger charge is 2.47. The average molecular weight is 276 g/mol. The van der Waals surface area contributed by atoms with Crippen LogP contribution in [0.25, 0.3) is 0 Å². The van der Waals surface area contributed by atoms with Gasteiger partial charge in [-0.3, -0.25) is 0 Å². The van der Waals surface area contributed by atoms with E-state index in [2.05, 4.69) is 5.32 Å². The van der Waals surface area contributed by atoms with Gasteiger partial charge in [0.05, 0.1) is 11.4 Å².